The molecule has 0 spiro atoms. The Morgan fingerprint density at radius 2 is 1.85 bits per heavy atom. The van der Waals surface area contributed by atoms with Crippen LogP contribution >= 0.6 is 0 Å². The van der Waals surface area contributed by atoms with Crippen molar-refractivity contribution in [1.29, 1.82) is 0 Å². The van der Waals surface area contributed by atoms with Gasteiger partial charge < -0.3 is 14.8 Å². The van der Waals surface area contributed by atoms with Crippen LogP contribution in [0.5, 0.6) is 0 Å². The van der Waals surface area contributed by atoms with E-state index in [1.165, 1.54) is 0 Å². The Morgan fingerprint density at radius 3 is 2.40 bits per heavy atom. The average molecular weight is 277 g/mol. The number of hydrogen-bond donors (Lipinski definition) is 1. The van der Waals surface area contributed by atoms with Crippen molar-refractivity contribution in [2.45, 2.75) is 33.7 Å². The first-order valence-electron chi connectivity index (χ1n) is 7.16. The van der Waals surface area contributed by atoms with E-state index in [-0.39, 0.29) is 17.5 Å². The molecule has 110 valence electrons. The molecule has 1 aliphatic rings. The number of pyridine rings is 1. The summed E-state index contributed by atoms with van der Waals surface area (Å²) in [6.07, 6.45) is 0. The van der Waals surface area contributed by atoms with Gasteiger partial charge in [-0.25, -0.2) is 0 Å². The van der Waals surface area contributed by atoms with Gasteiger partial charge in [-0.15, -0.1) is 0 Å². The highest BCUT2D eigenvalue weighted by atomic mass is 16.2. The molecule has 1 fully saturated rings. The summed E-state index contributed by atoms with van der Waals surface area (Å²) in [6.45, 7) is 10.6. The zero-order valence-corrected chi connectivity index (χ0v) is 12.7. The Balaban J connectivity index is 2.48. The van der Waals surface area contributed by atoms with E-state index in [0.717, 1.165) is 24.3 Å². The number of carbonyl (C=O) groups excluding carboxylic acids is 1. The monoisotopic (exact) mass is 277 g/mol. The van der Waals surface area contributed by atoms with Crippen LogP contribution in [-0.2, 0) is 0 Å². The minimum Gasteiger partial charge on any atom is -0.336 e. The number of rotatable bonds is 2. The fraction of sp³-hybridized carbons (Fsp3) is 0.600. The molecule has 20 heavy (non-hydrogen) atoms. The van der Waals surface area contributed by atoms with Crippen molar-refractivity contribution < 1.29 is 4.79 Å². The topological polar surface area (TPSA) is 54.3 Å². The third-order valence-electron chi connectivity index (χ3n) is 3.77. The average Bonchev–Trinajstić information content (AvgIpc) is 2.38. The minimum atomic E-state index is -0.166. The molecule has 0 aromatic carbocycles. The Bertz CT molecular complexity index is 569. The van der Waals surface area contributed by atoms with Crippen LogP contribution in [0, 0.1) is 13.8 Å². The maximum absolute atomic E-state index is 12.6. The minimum absolute atomic E-state index is 0.0534. The lowest BCUT2D eigenvalue weighted by molar-refractivity contribution is 0.0732. The Kier molecular flexibility index (Phi) is 4.28. The van der Waals surface area contributed by atoms with Gasteiger partial charge in [-0.1, -0.05) is 0 Å². The largest absolute Gasteiger partial charge is 0.336 e. The van der Waals surface area contributed by atoms with Crippen LogP contribution in [0.2, 0.25) is 0 Å². The summed E-state index contributed by atoms with van der Waals surface area (Å²) in [4.78, 5) is 27.0. The van der Waals surface area contributed by atoms with E-state index >= 15 is 0 Å². The standard InChI is InChI=1S/C15H23N3O2/c1-10(2)18-12(4)9-11(3)13(15(18)20)14(19)17-7-5-16-6-8-17/h9-10,16H,5-8H2,1-4H3. The number of aryl methyl sites for hydroxylation is 2. The third kappa shape index (κ3) is 2.63. The van der Waals surface area contributed by atoms with Crippen molar-refractivity contribution >= 4 is 5.91 Å². The highest BCUT2D eigenvalue weighted by molar-refractivity contribution is 5.95. The molecular formula is C15H23N3O2. The molecular weight excluding hydrogens is 254 g/mol. The van der Waals surface area contributed by atoms with Gasteiger partial charge in [0.05, 0.1) is 0 Å². The van der Waals surface area contributed by atoms with E-state index < -0.39 is 0 Å². The van der Waals surface area contributed by atoms with E-state index in [2.05, 4.69) is 5.32 Å². The van der Waals surface area contributed by atoms with Gasteiger partial charge in [0.1, 0.15) is 5.56 Å². The second kappa shape index (κ2) is 5.79. The van der Waals surface area contributed by atoms with E-state index in [9.17, 15) is 9.59 Å². The van der Waals surface area contributed by atoms with Gasteiger partial charge in [-0.3, -0.25) is 9.59 Å². The summed E-state index contributed by atoms with van der Waals surface area (Å²) < 4.78 is 1.70. The molecule has 0 radical (unpaired) electrons. The number of nitrogens with one attached hydrogen (secondary N) is 1. The van der Waals surface area contributed by atoms with Gasteiger partial charge in [0.15, 0.2) is 0 Å². The van der Waals surface area contributed by atoms with Crippen molar-refractivity contribution in [1.82, 2.24) is 14.8 Å². The van der Waals surface area contributed by atoms with Gasteiger partial charge in [0, 0.05) is 37.9 Å². The van der Waals surface area contributed by atoms with E-state index in [4.69, 9.17) is 0 Å². The molecule has 2 rings (SSSR count). The molecule has 0 bridgehead atoms. The lowest BCUT2D eigenvalue weighted by atomic mass is 10.1. The number of aromatic nitrogens is 1. The molecule has 1 aromatic rings. The summed E-state index contributed by atoms with van der Waals surface area (Å²) >= 11 is 0. The molecule has 5 heteroatoms. The lowest BCUT2D eigenvalue weighted by Gasteiger charge is -2.28. The van der Waals surface area contributed by atoms with Crippen LogP contribution in [0.15, 0.2) is 10.9 Å². The molecule has 1 saturated heterocycles. The van der Waals surface area contributed by atoms with Gasteiger partial charge in [0.25, 0.3) is 11.5 Å². The summed E-state index contributed by atoms with van der Waals surface area (Å²) in [5.74, 6) is -0.136. The maximum atomic E-state index is 12.6. The van der Waals surface area contributed by atoms with Gasteiger partial charge in [-0.2, -0.15) is 0 Å². The first-order chi connectivity index (χ1) is 9.43. The van der Waals surface area contributed by atoms with Crippen LogP contribution in [0.3, 0.4) is 0 Å². The number of piperazine rings is 1. The molecule has 1 amide bonds. The third-order valence-corrected chi connectivity index (χ3v) is 3.77. The highest BCUT2D eigenvalue weighted by Gasteiger charge is 2.24. The Labute approximate surface area is 119 Å². The lowest BCUT2D eigenvalue weighted by Crippen LogP contribution is -2.48. The molecule has 5 nitrogen and oxygen atoms in total. The second-order valence-electron chi connectivity index (χ2n) is 5.65. The van der Waals surface area contributed by atoms with Crippen LogP contribution in [-0.4, -0.2) is 41.6 Å². The van der Waals surface area contributed by atoms with Gasteiger partial charge >= 0.3 is 0 Å². The summed E-state index contributed by atoms with van der Waals surface area (Å²) in [5, 5.41) is 3.21. The van der Waals surface area contributed by atoms with Crippen molar-refractivity contribution in [3.8, 4) is 0 Å². The zero-order valence-electron chi connectivity index (χ0n) is 12.7. The normalized spacial score (nSPS) is 15.8. The predicted molar refractivity (Wildman–Crippen MR) is 79.3 cm³/mol. The second-order valence-corrected chi connectivity index (χ2v) is 5.65. The van der Waals surface area contributed by atoms with Crippen LogP contribution in [0.1, 0.15) is 41.5 Å². The molecule has 2 heterocycles. The van der Waals surface area contributed by atoms with Crippen molar-refractivity contribution in [2.24, 2.45) is 0 Å². The molecule has 1 aromatic heterocycles. The first-order valence-corrected chi connectivity index (χ1v) is 7.16. The zero-order chi connectivity index (χ0) is 14.9. The van der Waals surface area contributed by atoms with Crippen molar-refractivity contribution in [2.75, 3.05) is 26.2 Å². The number of nitrogens with zero attached hydrogens (tertiary/aromatic N) is 2. The maximum Gasteiger partial charge on any atom is 0.264 e. The molecule has 1 aliphatic heterocycles. The van der Waals surface area contributed by atoms with E-state index in [1.807, 2.05) is 33.8 Å². The van der Waals surface area contributed by atoms with E-state index in [0.29, 0.717) is 18.7 Å². The summed E-state index contributed by atoms with van der Waals surface area (Å²) in [7, 11) is 0. The number of carbonyl (C=O) groups is 1. The molecule has 1 N–H and O–H groups in total. The number of amides is 1. The van der Waals surface area contributed by atoms with Crippen molar-refractivity contribution in [3.05, 3.63) is 33.2 Å². The molecule has 0 saturated carbocycles. The van der Waals surface area contributed by atoms with Crippen LogP contribution in [0.25, 0.3) is 0 Å². The Morgan fingerprint density at radius 1 is 1.25 bits per heavy atom. The summed E-state index contributed by atoms with van der Waals surface area (Å²) in [5.41, 5.74) is 1.83. The smallest absolute Gasteiger partial charge is 0.264 e. The van der Waals surface area contributed by atoms with Gasteiger partial charge in [0.2, 0.25) is 0 Å². The number of hydrogen-bond acceptors (Lipinski definition) is 3. The highest BCUT2D eigenvalue weighted by Crippen LogP contribution is 2.13. The SMILES string of the molecule is Cc1cc(C)n(C(C)C)c(=O)c1C(=O)N1CCNCC1. The molecule has 0 atom stereocenters. The van der Waals surface area contributed by atoms with Gasteiger partial charge in [-0.05, 0) is 39.3 Å². The fourth-order valence-corrected chi connectivity index (χ4v) is 2.83. The fourth-order valence-electron chi connectivity index (χ4n) is 2.83. The van der Waals surface area contributed by atoms with Crippen LogP contribution in [0.4, 0.5) is 0 Å². The predicted octanol–water partition coefficient (Wildman–Crippen LogP) is 1.09. The Hall–Kier alpha value is -1.62. The quantitative estimate of drug-likeness (QED) is 0.880. The van der Waals surface area contributed by atoms with Crippen molar-refractivity contribution in [3.63, 3.8) is 0 Å². The van der Waals surface area contributed by atoms with Crippen LogP contribution < -0.4 is 10.9 Å². The summed E-state index contributed by atoms with van der Waals surface area (Å²) in [6, 6.07) is 1.98. The molecule has 0 unspecified atom stereocenters. The van der Waals surface area contributed by atoms with E-state index in [1.54, 1.807) is 9.47 Å². The molecule has 0 aliphatic carbocycles. The first kappa shape index (κ1) is 14.8.